The van der Waals surface area contributed by atoms with Crippen LogP contribution in [0.2, 0.25) is 0 Å². The van der Waals surface area contributed by atoms with E-state index in [1.165, 1.54) is 14.2 Å². The predicted octanol–water partition coefficient (Wildman–Crippen LogP) is 3.16. The van der Waals surface area contributed by atoms with Gasteiger partial charge in [-0.1, -0.05) is 12.1 Å². The number of furan rings is 1. The highest BCUT2D eigenvalue weighted by Crippen LogP contribution is 2.32. The Bertz CT molecular complexity index is 860. The second-order valence-electron chi connectivity index (χ2n) is 4.48. The minimum absolute atomic E-state index is 0.353. The van der Waals surface area contributed by atoms with Crippen molar-refractivity contribution in [1.82, 2.24) is 0 Å². The molecule has 0 atom stereocenters. The van der Waals surface area contributed by atoms with Gasteiger partial charge in [0.25, 0.3) is 0 Å². The van der Waals surface area contributed by atoms with E-state index >= 15 is 0 Å². The van der Waals surface area contributed by atoms with E-state index in [4.69, 9.17) is 13.9 Å². The van der Waals surface area contributed by atoms with E-state index < -0.39 is 11.9 Å². The van der Waals surface area contributed by atoms with Crippen LogP contribution in [0, 0.1) is 0 Å². The zero-order valence-corrected chi connectivity index (χ0v) is 11.5. The van der Waals surface area contributed by atoms with Gasteiger partial charge in [0.1, 0.15) is 16.7 Å². The van der Waals surface area contributed by atoms with Gasteiger partial charge in [-0.2, -0.15) is 0 Å². The van der Waals surface area contributed by atoms with Crippen molar-refractivity contribution in [2.75, 3.05) is 14.2 Å². The highest BCUT2D eigenvalue weighted by Gasteiger charge is 2.17. The molecule has 2 aromatic carbocycles. The molecular weight excluding hydrogens is 272 g/mol. The lowest BCUT2D eigenvalue weighted by atomic mass is 10.1. The molecule has 1 heterocycles. The van der Waals surface area contributed by atoms with Gasteiger partial charge in [-0.25, -0.2) is 9.59 Å². The van der Waals surface area contributed by atoms with Crippen molar-refractivity contribution in [2.45, 2.75) is 0 Å². The van der Waals surface area contributed by atoms with Crippen molar-refractivity contribution in [3.63, 3.8) is 0 Å². The minimum atomic E-state index is -0.465. The third-order valence-corrected chi connectivity index (χ3v) is 3.32. The number of ether oxygens (including phenoxy) is 2. The first-order valence-electron chi connectivity index (χ1n) is 6.27. The van der Waals surface area contributed by atoms with E-state index in [0.717, 1.165) is 10.8 Å². The Morgan fingerprint density at radius 3 is 2.43 bits per heavy atom. The zero-order chi connectivity index (χ0) is 15.0. The molecule has 5 heteroatoms. The van der Waals surface area contributed by atoms with Crippen molar-refractivity contribution in [3.8, 4) is 0 Å². The van der Waals surface area contributed by atoms with Crippen molar-refractivity contribution in [2.24, 2.45) is 0 Å². The smallest absolute Gasteiger partial charge is 0.341 e. The molecule has 0 amide bonds. The lowest BCUT2D eigenvalue weighted by molar-refractivity contribution is 0.0592. The first-order chi connectivity index (χ1) is 10.2. The Balaban J connectivity index is 2.31. The molecule has 21 heavy (non-hydrogen) atoms. The summed E-state index contributed by atoms with van der Waals surface area (Å²) in [5, 5.41) is 1.50. The van der Waals surface area contributed by atoms with Crippen LogP contribution >= 0.6 is 0 Å². The van der Waals surface area contributed by atoms with Gasteiger partial charge >= 0.3 is 11.9 Å². The van der Waals surface area contributed by atoms with Crippen molar-refractivity contribution < 1.29 is 23.5 Å². The van der Waals surface area contributed by atoms with Crippen LogP contribution in [0.25, 0.3) is 21.9 Å². The number of hydrogen-bond acceptors (Lipinski definition) is 5. The maximum Gasteiger partial charge on any atom is 0.341 e. The number of esters is 2. The quantitative estimate of drug-likeness (QED) is 0.676. The third-order valence-electron chi connectivity index (χ3n) is 3.32. The second kappa shape index (κ2) is 4.94. The number of carbonyl (C=O) groups is 2. The van der Waals surface area contributed by atoms with E-state index in [0.29, 0.717) is 22.3 Å². The summed E-state index contributed by atoms with van der Waals surface area (Å²) in [6, 6.07) is 10.2. The van der Waals surface area contributed by atoms with Gasteiger partial charge in [0.05, 0.1) is 19.8 Å². The summed E-state index contributed by atoms with van der Waals surface area (Å²) in [6.45, 7) is 0. The Labute approximate surface area is 120 Å². The fourth-order valence-electron chi connectivity index (χ4n) is 2.31. The average Bonchev–Trinajstić information content (AvgIpc) is 2.91. The van der Waals surface area contributed by atoms with Crippen LogP contribution in [0.5, 0.6) is 0 Å². The van der Waals surface area contributed by atoms with Crippen LogP contribution in [-0.2, 0) is 9.47 Å². The molecule has 3 aromatic rings. The summed E-state index contributed by atoms with van der Waals surface area (Å²) >= 11 is 0. The molecule has 0 aliphatic rings. The van der Waals surface area contributed by atoms with Crippen molar-refractivity contribution >= 4 is 33.9 Å². The third kappa shape index (κ3) is 2.03. The minimum Gasteiger partial charge on any atom is -0.465 e. The molecule has 0 fully saturated rings. The van der Waals surface area contributed by atoms with E-state index in [1.807, 2.05) is 6.07 Å². The van der Waals surface area contributed by atoms with E-state index in [1.54, 1.807) is 30.3 Å². The molecule has 0 N–H and O–H groups in total. The molecule has 0 aliphatic heterocycles. The number of carbonyl (C=O) groups excluding carboxylic acids is 2. The summed E-state index contributed by atoms with van der Waals surface area (Å²) in [5.74, 6) is -0.886. The van der Waals surface area contributed by atoms with Gasteiger partial charge in [-0.3, -0.25) is 0 Å². The van der Waals surface area contributed by atoms with Crippen LogP contribution in [0.3, 0.4) is 0 Å². The molecule has 0 aliphatic carbocycles. The molecular formula is C16H12O5. The molecule has 5 nitrogen and oxygen atoms in total. The maximum absolute atomic E-state index is 11.8. The van der Waals surface area contributed by atoms with E-state index in [2.05, 4.69) is 0 Å². The Kier molecular flexibility index (Phi) is 3.10. The number of methoxy groups -OCH3 is 2. The van der Waals surface area contributed by atoms with Gasteiger partial charge in [0.2, 0.25) is 0 Å². The number of benzene rings is 2. The normalized spacial score (nSPS) is 10.8. The number of fused-ring (bicyclic) bond motifs is 3. The van der Waals surface area contributed by atoms with Crippen LogP contribution in [0.15, 0.2) is 40.8 Å². The topological polar surface area (TPSA) is 65.7 Å². The molecule has 0 bridgehead atoms. The van der Waals surface area contributed by atoms with E-state index in [9.17, 15) is 9.59 Å². The first-order valence-corrected chi connectivity index (χ1v) is 6.27. The number of rotatable bonds is 2. The molecule has 106 valence electrons. The Hall–Kier alpha value is -2.82. The summed E-state index contributed by atoms with van der Waals surface area (Å²) in [4.78, 5) is 23.4. The molecule has 0 unspecified atom stereocenters. The first kappa shape index (κ1) is 13.2. The van der Waals surface area contributed by atoms with Gasteiger partial charge in [-0.05, 0) is 24.3 Å². The number of hydrogen-bond donors (Lipinski definition) is 0. The van der Waals surface area contributed by atoms with Gasteiger partial charge < -0.3 is 13.9 Å². The molecule has 0 radical (unpaired) electrons. The predicted molar refractivity (Wildman–Crippen MR) is 76.4 cm³/mol. The zero-order valence-electron chi connectivity index (χ0n) is 11.5. The van der Waals surface area contributed by atoms with Gasteiger partial charge in [0, 0.05) is 10.8 Å². The van der Waals surface area contributed by atoms with Crippen LogP contribution in [-0.4, -0.2) is 26.2 Å². The van der Waals surface area contributed by atoms with E-state index in [-0.39, 0.29) is 0 Å². The SMILES string of the molecule is COC(=O)c1ccc2oc3c(C(=O)OC)cccc3c2c1. The molecule has 1 aromatic heterocycles. The Morgan fingerprint density at radius 2 is 1.71 bits per heavy atom. The van der Waals surface area contributed by atoms with Crippen molar-refractivity contribution in [1.29, 1.82) is 0 Å². The largest absolute Gasteiger partial charge is 0.465 e. The van der Waals surface area contributed by atoms with Crippen LogP contribution in [0.4, 0.5) is 0 Å². The van der Waals surface area contributed by atoms with Gasteiger partial charge in [-0.15, -0.1) is 0 Å². The lowest BCUT2D eigenvalue weighted by Gasteiger charge is -1.99. The summed E-state index contributed by atoms with van der Waals surface area (Å²) < 4.78 is 15.2. The average molecular weight is 284 g/mol. The molecule has 0 saturated heterocycles. The number of para-hydroxylation sites is 1. The fraction of sp³-hybridized carbons (Fsp3) is 0.125. The van der Waals surface area contributed by atoms with Crippen LogP contribution in [0.1, 0.15) is 20.7 Å². The standard InChI is InChI=1S/C16H12O5/c1-19-15(17)9-6-7-13-12(8-9)10-4-3-5-11(14(10)21-13)16(18)20-2/h3-8H,1-2H3. The second-order valence-corrected chi connectivity index (χ2v) is 4.48. The van der Waals surface area contributed by atoms with Gasteiger partial charge in [0.15, 0.2) is 0 Å². The molecule has 0 spiro atoms. The highest BCUT2D eigenvalue weighted by atomic mass is 16.5. The summed E-state index contributed by atoms with van der Waals surface area (Å²) in [7, 11) is 2.65. The van der Waals surface area contributed by atoms with Crippen LogP contribution < -0.4 is 0 Å². The highest BCUT2D eigenvalue weighted by molar-refractivity contribution is 6.13. The summed E-state index contributed by atoms with van der Waals surface area (Å²) in [6.07, 6.45) is 0. The molecule has 3 rings (SSSR count). The monoisotopic (exact) mass is 284 g/mol. The summed E-state index contributed by atoms with van der Waals surface area (Å²) in [5.41, 5.74) is 1.82. The maximum atomic E-state index is 11.8. The lowest BCUT2D eigenvalue weighted by Crippen LogP contribution is -2.01. The van der Waals surface area contributed by atoms with Crippen molar-refractivity contribution in [3.05, 3.63) is 47.5 Å². The molecule has 0 saturated carbocycles. The Morgan fingerprint density at radius 1 is 0.952 bits per heavy atom. The fourth-order valence-corrected chi connectivity index (χ4v) is 2.31.